The summed E-state index contributed by atoms with van der Waals surface area (Å²) in [6, 6.07) is 8.04. The molecule has 0 amide bonds. The molecule has 1 aromatic rings. The van der Waals surface area contributed by atoms with E-state index in [4.69, 9.17) is 5.26 Å². The summed E-state index contributed by atoms with van der Waals surface area (Å²) < 4.78 is 26.0. The van der Waals surface area contributed by atoms with Crippen molar-refractivity contribution < 1.29 is 8.42 Å². The topological polar surface area (TPSA) is 61.2 Å². The summed E-state index contributed by atoms with van der Waals surface area (Å²) in [6.07, 6.45) is 0.912. The Labute approximate surface area is 102 Å². The fourth-order valence-electron chi connectivity index (χ4n) is 1.96. The van der Waals surface area contributed by atoms with Crippen LogP contribution in [-0.4, -0.2) is 25.8 Å². The Kier molecular flexibility index (Phi) is 3.18. The quantitative estimate of drug-likeness (QED) is 0.800. The lowest BCUT2D eigenvalue weighted by atomic mass is 10.2. The van der Waals surface area contributed by atoms with Gasteiger partial charge in [-0.05, 0) is 36.6 Å². The first-order valence-corrected chi connectivity index (χ1v) is 6.98. The Morgan fingerprint density at radius 1 is 1.35 bits per heavy atom. The average Bonchev–Trinajstić information content (AvgIpc) is 2.77. The van der Waals surface area contributed by atoms with E-state index in [9.17, 15) is 8.42 Å². The number of rotatable bonds is 2. The summed E-state index contributed by atoms with van der Waals surface area (Å²) in [5.41, 5.74) is 0.471. The smallest absolute Gasteiger partial charge is 0.207 e. The van der Waals surface area contributed by atoms with Gasteiger partial charge in [0.1, 0.15) is 0 Å². The molecule has 1 aliphatic rings. The van der Waals surface area contributed by atoms with Gasteiger partial charge in [-0.1, -0.05) is 6.92 Å². The molecule has 90 valence electrons. The fraction of sp³-hybridized carbons (Fsp3) is 0.417. The van der Waals surface area contributed by atoms with Crippen molar-refractivity contribution in [3.05, 3.63) is 29.8 Å². The van der Waals surface area contributed by atoms with Gasteiger partial charge in [0.25, 0.3) is 0 Å². The van der Waals surface area contributed by atoms with Gasteiger partial charge in [0.2, 0.25) is 10.0 Å². The number of sulfonamides is 1. The second-order valence-corrected chi connectivity index (χ2v) is 6.33. The highest BCUT2D eigenvalue weighted by Crippen LogP contribution is 2.23. The maximum Gasteiger partial charge on any atom is 0.243 e. The molecule has 1 aromatic carbocycles. The molecule has 0 unspecified atom stereocenters. The lowest BCUT2D eigenvalue weighted by molar-refractivity contribution is 0.464. The van der Waals surface area contributed by atoms with Crippen molar-refractivity contribution in [3.8, 4) is 6.07 Å². The molecule has 5 heteroatoms. The number of hydrogen-bond donors (Lipinski definition) is 0. The van der Waals surface area contributed by atoms with Gasteiger partial charge in [0.15, 0.2) is 0 Å². The van der Waals surface area contributed by atoms with Crippen molar-refractivity contribution in [2.45, 2.75) is 18.2 Å². The molecule has 0 aromatic heterocycles. The van der Waals surface area contributed by atoms with E-state index >= 15 is 0 Å². The van der Waals surface area contributed by atoms with E-state index < -0.39 is 10.0 Å². The minimum Gasteiger partial charge on any atom is -0.207 e. The van der Waals surface area contributed by atoms with Crippen LogP contribution in [0.15, 0.2) is 29.2 Å². The third-order valence-corrected chi connectivity index (χ3v) is 4.89. The van der Waals surface area contributed by atoms with Crippen LogP contribution in [0.25, 0.3) is 0 Å². The molecule has 1 saturated heterocycles. The van der Waals surface area contributed by atoms with E-state index in [1.165, 1.54) is 28.6 Å². The molecule has 0 N–H and O–H groups in total. The first-order chi connectivity index (χ1) is 8.04. The van der Waals surface area contributed by atoms with Gasteiger partial charge < -0.3 is 0 Å². The van der Waals surface area contributed by atoms with Crippen molar-refractivity contribution in [1.82, 2.24) is 4.31 Å². The minimum atomic E-state index is -3.37. The molecular weight excluding hydrogens is 236 g/mol. The number of nitrogens with zero attached hydrogens (tertiary/aromatic N) is 2. The van der Waals surface area contributed by atoms with Crippen molar-refractivity contribution in [1.29, 1.82) is 5.26 Å². The summed E-state index contributed by atoms with van der Waals surface area (Å²) in [7, 11) is -3.37. The van der Waals surface area contributed by atoms with Crippen molar-refractivity contribution in [3.63, 3.8) is 0 Å². The highest BCUT2D eigenvalue weighted by molar-refractivity contribution is 7.89. The number of hydrogen-bond acceptors (Lipinski definition) is 3. The van der Waals surface area contributed by atoms with Crippen molar-refractivity contribution in [2.24, 2.45) is 5.92 Å². The molecular formula is C12H14N2O2S. The van der Waals surface area contributed by atoms with Crippen molar-refractivity contribution in [2.75, 3.05) is 13.1 Å². The highest BCUT2D eigenvalue weighted by Gasteiger charge is 2.30. The van der Waals surface area contributed by atoms with Crippen LogP contribution >= 0.6 is 0 Å². The van der Waals surface area contributed by atoms with Gasteiger partial charge in [-0.2, -0.15) is 9.57 Å². The molecule has 0 radical (unpaired) electrons. The Hall–Kier alpha value is -1.38. The second kappa shape index (κ2) is 4.47. The maximum absolute atomic E-state index is 12.2. The third-order valence-electron chi connectivity index (χ3n) is 3.01. The molecule has 4 nitrogen and oxygen atoms in total. The Bertz CT molecular complexity index is 543. The largest absolute Gasteiger partial charge is 0.243 e. The minimum absolute atomic E-state index is 0.269. The van der Waals surface area contributed by atoms with Crippen LogP contribution < -0.4 is 0 Å². The van der Waals surface area contributed by atoms with Gasteiger partial charge >= 0.3 is 0 Å². The Morgan fingerprint density at radius 3 is 2.47 bits per heavy atom. The number of benzene rings is 1. The summed E-state index contributed by atoms with van der Waals surface area (Å²) in [4.78, 5) is 0.269. The predicted molar refractivity (Wildman–Crippen MR) is 63.7 cm³/mol. The van der Waals surface area contributed by atoms with Gasteiger partial charge in [0.05, 0.1) is 16.5 Å². The van der Waals surface area contributed by atoms with Gasteiger partial charge in [-0.3, -0.25) is 0 Å². The highest BCUT2D eigenvalue weighted by atomic mass is 32.2. The molecule has 0 spiro atoms. The zero-order valence-corrected chi connectivity index (χ0v) is 10.4. The van der Waals surface area contributed by atoms with Crippen LogP contribution in [0.4, 0.5) is 0 Å². The lowest BCUT2D eigenvalue weighted by Crippen LogP contribution is -2.28. The average molecular weight is 250 g/mol. The molecule has 1 atom stereocenters. The van der Waals surface area contributed by atoms with Crippen LogP contribution in [0.1, 0.15) is 18.9 Å². The summed E-state index contributed by atoms with van der Waals surface area (Å²) >= 11 is 0. The standard InChI is InChI=1S/C12H14N2O2S/c1-10-6-7-14(9-10)17(15,16)12-4-2-11(8-13)3-5-12/h2-5,10H,6-7,9H2,1H3/t10-/m1/s1. The molecule has 0 bridgehead atoms. The molecule has 0 saturated carbocycles. The summed E-state index contributed by atoms with van der Waals surface area (Å²) in [6.45, 7) is 3.22. The maximum atomic E-state index is 12.2. The molecule has 0 aliphatic carbocycles. The zero-order chi connectivity index (χ0) is 12.5. The van der Waals surface area contributed by atoms with Crippen LogP contribution in [0.5, 0.6) is 0 Å². The molecule has 1 aliphatic heterocycles. The lowest BCUT2D eigenvalue weighted by Gasteiger charge is -2.15. The van der Waals surface area contributed by atoms with Crippen LogP contribution in [0.3, 0.4) is 0 Å². The van der Waals surface area contributed by atoms with E-state index in [1.807, 2.05) is 13.0 Å². The third kappa shape index (κ3) is 2.33. The van der Waals surface area contributed by atoms with Crippen LogP contribution in [-0.2, 0) is 10.0 Å². The molecule has 1 fully saturated rings. The van der Waals surface area contributed by atoms with E-state index in [2.05, 4.69) is 0 Å². The van der Waals surface area contributed by atoms with Gasteiger partial charge in [0, 0.05) is 13.1 Å². The van der Waals surface area contributed by atoms with Gasteiger partial charge in [-0.15, -0.1) is 0 Å². The van der Waals surface area contributed by atoms with Crippen LogP contribution in [0.2, 0.25) is 0 Å². The van der Waals surface area contributed by atoms with E-state index in [-0.39, 0.29) is 4.90 Å². The number of nitriles is 1. The normalized spacial score (nSPS) is 21.3. The predicted octanol–water partition coefficient (Wildman–Crippen LogP) is 1.59. The molecule has 17 heavy (non-hydrogen) atoms. The van der Waals surface area contributed by atoms with Crippen molar-refractivity contribution >= 4 is 10.0 Å². The first kappa shape index (κ1) is 12.1. The second-order valence-electron chi connectivity index (χ2n) is 4.39. The molecule has 2 rings (SSSR count). The zero-order valence-electron chi connectivity index (χ0n) is 9.63. The molecule has 1 heterocycles. The van der Waals surface area contributed by atoms with E-state index in [0.29, 0.717) is 24.6 Å². The first-order valence-electron chi connectivity index (χ1n) is 5.54. The van der Waals surface area contributed by atoms with Crippen LogP contribution in [0, 0.1) is 17.2 Å². The van der Waals surface area contributed by atoms with Gasteiger partial charge in [-0.25, -0.2) is 8.42 Å². The van der Waals surface area contributed by atoms with E-state index in [1.54, 1.807) is 0 Å². The fourth-order valence-corrected chi connectivity index (χ4v) is 3.54. The Balaban J connectivity index is 2.29. The summed E-state index contributed by atoms with van der Waals surface area (Å²) in [5, 5.41) is 8.67. The Morgan fingerprint density at radius 2 is 2.00 bits per heavy atom. The SMILES string of the molecule is C[C@@H]1CCN(S(=O)(=O)c2ccc(C#N)cc2)C1. The monoisotopic (exact) mass is 250 g/mol. The summed E-state index contributed by atoms with van der Waals surface area (Å²) in [5.74, 6) is 0.420. The van der Waals surface area contributed by atoms with E-state index in [0.717, 1.165) is 6.42 Å².